The third-order valence-electron chi connectivity index (χ3n) is 1.47. The van der Waals surface area contributed by atoms with Gasteiger partial charge in [-0.3, -0.25) is 4.79 Å². The number of amides is 1. The zero-order chi connectivity index (χ0) is 9.14. The van der Waals surface area contributed by atoms with E-state index in [1.807, 2.05) is 6.92 Å². The van der Waals surface area contributed by atoms with Crippen LogP contribution in [0.15, 0.2) is 24.7 Å². The number of nitrogens with one attached hydrogen (secondary N) is 2. The van der Waals surface area contributed by atoms with E-state index in [1.54, 1.807) is 12.3 Å². The molecule has 0 unspecified atom stereocenters. The molecule has 1 aromatic rings. The summed E-state index contributed by atoms with van der Waals surface area (Å²) in [5.74, 6) is -0.0816. The molecule has 1 heterocycles. The van der Waals surface area contributed by atoms with Gasteiger partial charge in [-0.25, -0.2) is 0 Å². The monoisotopic (exact) mass is 165 g/mol. The minimum Gasteiger partial charge on any atom is -0.386 e. The molecule has 64 valence electrons. The van der Waals surface area contributed by atoms with Crippen molar-refractivity contribution in [2.24, 2.45) is 5.73 Å². The molecule has 0 saturated heterocycles. The molecule has 0 radical (unpaired) electrons. The second-order valence-corrected chi connectivity index (χ2v) is 2.50. The maximum Gasteiger partial charge on any atom is 0.258 e. The normalized spacial score (nSPS) is 9.42. The SMILES string of the molecule is C=C(N)NC(=O)c1cc[nH]c1C. The molecular weight excluding hydrogens is 154 g/mol. The number of aromatic nitrogens is 1. The summed E-state index contributed by atoms with van der Waals surface area (Å²) in [6.07, 6.45) is 1.70. The number of rotatable bonds is 2. The van der Waals surface area contributed by atoms with Gasteiger partial charge in [0, 0.05) is 11.9 Å². The number of nitrogens with two attached hydrogens (primary N) is 1. The fraction of sp³-hybridized carbons (Fsp3) is 0.125. The highest BCUT2D eigenvalue weighted by Gasteiger charge is 2.08. The highest BCUT2D eigenvalue weighted by atomic mass is 16.1. The lowest BCUT2D eigenvalue weighted by atomic mass is 10.2. The smallest absolute Gasteiger partial charge is 0.258 e. The highest BCUT2D eigenvalue weighted by molar-refractivity contribution is 5.96. The minimum atomic E-state index is -0.235. The van der Waals surface area contributed by atoms with Gasteiger partial charge in [-0.05, 0) is 13.0 Å². The van der Waals surface area contributed by atoms with Crippen LogP contribution < -0.4 is 11.1 Å². The largest absolute Gasteiger partial charge is 0.386 e. The summed E-state index contributed by atoms with van der Waals surface area (Å²) >= 11 is 0. The molecule has 0 atom stereocenters. The van der Waals surface area contributed by atoms with Crippen LogP contribution in [0.4, 0.5) is 0 Å². The first-order valence-electron chi connectivity index (χ1n) is 3.51. The van der Waals surface area contributed by atoms with Gasteiger partial charge in [0.05, 0.1) is 11.4 Å². The Labute approximate surface area is 70.5 Å². The zero-order valence-corrected chi connectivity index (χ0v) is 6.85. The van der Waals surface area contributed by atoms with Crippen LogP contribution in [0, 0.1) is 6.92 Å². The number of H-pyrrole nitrogens is 1. The molecule has 0 saturated carbocycles. The highest BCUT2D eigenvalue weighted by Crippen LogP contribution is 2.04. The molecule has 4 nitrogen and oxygen atoms in total. The van der Waals surface area contributed by atoms with Crippen molar-refractivity contribution < 1.29 is 4.79 Å². The van der Waals surface area contributed by atoms with E-state index in [0.717, 1.165) is 5.69 Å². The maximum atomic E-state index is 11.3. The van der Waals surface area contributed by atoms with Gasteiger partial charge in [0.1, 0.15) is 0 Å². The summed E-state index contributed by atoms with van der Waals surface area (Å²) in [4.78, 5) is 14.2. The van der Waals surface area contributed by atoms with Crippen molar-refractivity contribution in [2.75, 3.05) is 0 Å². The van der Waals surface area contributed by atoms with E-state index in [0.29, 0.717) is 5.56 Å². The van der Waals surface area contributed by atoms with Crippen LogP contribution in [-0.4, -0.2) is 10.9 Å². The Balaban J connectivity index is 2.78. The topological polar surface area (TPSA) is 70.9 Å². The third kappa shape index (κ3) is 1.66. The van der Waals surface area contributed by atoms with Crippen molar-refractivity contribution in [3.8, 4) is 0 Å². The van der Waals surface area contributed by atoms with Crippen LogP contribution in [0.1, 0.15) is 16.1 Å². The Morgan fingerprint density at radius 1 is 1.75 bits per heavy atom. The van der Waals surface area contributed by atoms with Crippen molar-refractivity contribution in [3.63, 3.8) is 0 Å². The van der Waals surface area contributed by atoms with E-state index < -0.39 is 0 Å². The van der Waals surface area contributed by atoms with Gasteiger partial charge in [-0.15, -0.1) is 0 Å². The van der Waals surface area contributed by atoms with Crippen molar-refractivity contribution in [1.29, 1.82) is 0 Å². The van der Waals surface area contributed by atoms with Gasteiger partial charge >= 0.3 is 0 Å². The average molecular weight is 165 g/mol. The Hall–Kier alpha value is -1.71. The molecule has 0 spiro atoms. The van der Waals surface area contributed by atoms with Crippen LogP contribution in [0.2, 0.25) is 0 Å². The number of aromatic amines is 1. The van der Waals surface area contributed by atoms with E-state index in [4.69, 9.17) is 5.73 Å². The number of carbonyl (C=O) groups excluding carboxylic acids is 1. The molecule has 0 aliphatic carbocycles. The van der Waals surface area contributed by atoms with Crippen LogP contribution in [0.5, 0.6) is 0 Å². The van der Waals surface area contributed by atoms with Crippen LogP contribution >= 0.6 is 0 Å². The van der Waals surface area contributed by atoms with Gasteiger partial charge in [-0.2, -0.15) is 0 Å². The molecule has 0 aliphatic rings. The number of aryl methyl sites for hydroxylation is 1. The summed E-state index contributed by atoms with van der Waals surface area (Å²) in [7, 11) is 0. The van der Waals surface area contributed by atoms with Crippen molar-refractivity contribution in [3.05, 3.63) is 35.9 Å². The molecule has 0 aliphatic heterocycles. The van der Waals surface area contributed by atoms with E-state index in [-0.39, 0.29) is 11.7 Å². The molecule has 0 aromatic carbocycles. The molecule has 1 rings (SSSR count). The molecule has 4 N–H and O–H groups in total. The first-order valence-corrected chi connectivity index (χ1v) is 3.51. The summed E-state index contributed by atoms with van der Waals surface area (Å²) < 4.78 is 0. The average Bonchev–Trinajstić information content (AvgIpc) is 2.33. The predicted molar refractivity (Wildman–Crippen MR) is 46.3 cm³/mol. The first-order chi connectivity index (χ1) is 5.61. The summed E-state index contributed by atoms with van der Waals surface area (Å²) in [6, 6.07) is 1.69. The second kappa shape index (κ2) is 3.13. The van der Waals surface area contributed by atoms with E-state index >= 15 is 0 Å². The minimum absolute atomic E-state index is 0.153. The molecule has 0 bridgehead atoms. The lowest BCUT2D eigenvalue weighted by molar-refractivity contribution is 0.0965. The molecule has 1 aromatic heterocycles. The van der Waals surface area contributed by atoms with E-state index in [2.05, 4.69) is 16.9 Å². The Morgan fingerprint density at radius 3 is 2.83 bits per heavy atom. The summed E-state index contributed by atoms with van der Waals surface area (Å²) in [5, 5.41) is 2.41. The molecule has 4 heteroatoms. The lowest BCUT2D eigenvalue weighted by Crippen LogP contribution is -2.26. The first kappa shape index (κ1) is 8.39. The van der Waals surface area contributed by atoms with Gasteiger partial charge in [0.25, 0.3) is 5.91 Å². The van der Waals surface area contributed by atoms with Gasteiger partial charge < -0.3 is 16.0 Å². The molecule has 12 heavy (non-hydrogen) atoms. The fourth-order valence-corrected chi connectivity index (χ4v) is 0.912. The number of hydrogen-bond acceptors (Lipinski definition) is 2. The van der Waals surface area contributed by atoms with Crippen molar-refractivity contribution in [2.45, 2.75) is 6.92 Å². The van der Waals surface area contributed by atoms with Gasteiger partial charge in [0.2, 0.25) is 0 Å². The third-order valence-corrected chi connectivity index (χ3v) is 1.47. The van der Waals surface area contributed by atoms with Crippen LogP contribution in [-0.2, 0) is 0 Å². The van der Waals surface area contributed by atoms with E-state index in [1.165, 1.54) is 0 Å². The Bertz CT molecular complexity index is 314. The number of hydrogen-bond donors (Lipinski definition) is 3. The van der Waals surface area contributed by atoms with Crippen molar-refractivity contribution >= 4 is 5.91 Å². The molecular formula is C8H11N3O. The molecule has 0 fully saturated rings. The Morgan fingerprint density at radius 2 is 2.42 bits per heavy atom. The Kier molecular flexibility index (Phi) is 2.19. The fourth-order valence-electron chi connectivity index (χ4n) is 0.912. The van der Waals surface area contributed by atoms with Gasteiger partial charge in [-0.1, -0.05) is 6.58 Å². The van der Waals surface area contributed by atoms with Crippen LogP contribution in [0.25, 0.3) is 0 Å². The van der Waals surface area contributed by atoms with Crippen molar-refractivity contribution in [1.82, 2.24) is 10.3 Å². The number of carbonyl (C=O) groups is 1. The van der Waals surface area contributed by atoms with E-state index in [9.17, 15) is 4.79 Å². The van der Waals surface area contributed by atoms with Crippen LogP contribution in [0.3, 0.4) is 0 Å². The lowest BCUT2D eigenvalue weighted by Gasteiger charge is -2.01. The maximum absolute atomic E-state index is 11.3. The molecule has 1 amide bonds. The summed E-state index contributed by atoms with van der Waals surface area (Å²) in [5.41, 5.74) is 6.61. The quantitative estimate of drug-likeness (QED) is 0.596. The summed E-state index contributed by atoms with van der Waals surface area (Å²) in [6.45, 7) is 5.18. The second-order valence-electron chi connectivity index (χ2n) is 2.50. The van der Waals surface area contributed by atoms with Gasteiger partial charge in [0.15, 0.2) is 0 Å². The zero-order valence-electron chi connectivity index (χ0n) is 6.85. The predicted octanol–water partition coefficient (Wildman–Crippen LogP) is 0.483. The standard InChI is InChI=1S/C8H11N3O/c1-5-7(3-4-10-5)8(12)11-6(2)9/h3-4,10H,2,9H2,1H3,(H,11,12).